The van der Waals surface area contributed by atoms with Crippen LogP contribution in [0, 0.1) is 18.6 Å². The molecule has 3 aromatic rings. The van der Waals surface area contributed by atoms with Gasteiger partial charge in [-0.3, -0.25) is 0 Å². The zero-order valence-corrected chi connectivity index (χ0v) is 14.0. The van der Waals surface area contributed by atoms with E-state index in [4.69, 9.17) is 0 Å². The molecule has 22 heavy (non-hydrogen) atoms. The normalized spacial score (nSPS) is 10.8. The Kier molecular flexibility index (Phi) is 4.10. The van der Waals surface area contributed by atoms with Crippen molar-refractivity contribution in [3.63, 3.8) is 0 Å². The first-order valence-electron chi connectivity index (χ1n) is 6.58. The Balaban J connectivity index is 2.22. The van der Waals surface area contributed by atoms with Gasteiger partial charge in [0.2, 0.25) is 0 Å². The zero-order valence-electron chi connectivity index (χ0n) is 11.6. The molecular formula is C17H11F2IrN2. The molecule has 3 rings (SSSR count). The molecule has 2 aromatic carbocycles. The minimum absolute atomic E-state index is 0.302. The van der Waals surface area contributed by atoms with E-state index in [0.29, 0.717) is 11.4 Å². The zero-order chi connectivity index (χ0) is 15.7. The van der Waals surface area contributed by atoms with Crippen LogP contribution < -0.4 is 4.21 Å². The van der Waals surface area contributed by atoms with Crippen LogP contribution in [-0.4, -0.2) is 9.97 Å². The molecule has 1 heterocycles. The molecule has 112 valence electrons. The van der Waals surface area contributed by atoms with Crippen molar-refractivity contribution in [1.82, 2.24) is 9.97 Å². The number of hydrogen-bond acceptors (Lipinski definition) is 2. The number of rotatable bonds is 2. The van der Waals surface area contributed by atoms with E-state index in [0.717, 1.165) is 21.0 Å². The van der Waals surface area contributed by atoms with Gasteiger partial charge in [0.15, 0.2) is 0 Å². The third kappa shape index (κ3) is 2.96. The third-order valence-corrected chi connectivity index (χ3v) is 4.36. The van der Waals surface area contributed by atoms with Crippen LogP contribution in [0.5, 0.6) is 0 Å². The standard InChI is InChI=1S/C17H11F2N2.Ir/c1-11-10-20-16(12-2-6-14(18)7-3-12)17(21-11)13-4-8-15(19)9-5-13;/h2-9H,1H3;. The number of aryl methyl sites for hydroxylation is 1. The summed E-state index contributed by atoms with van der Waals surface area (Å²) in [5.41, 5.74) is 3.68. The topological polar surface area (TPSA) is 25.8 Å². The number of nitrogens with zero attached hydrogens (tertiary/aromatic N) is 2. The van der Waals surface area contributed by atoms with Crippen molar-refractivity contribution in [1.29, 1.82) is 0 Å². The summed E-state index contributed by atoms with van der Waals surface area (Å²) in [6.45, 7) is 1.88. The van der Waals surface area contributed by atoms with Gasteiger partial charge in [-0.1, -0.05) is 0 Å². The van der Waals surface area contributed by atoms with E-state index in [1.165, 1.54) is 24.3 Å². The summed E-state index contributed by atoms with van der Waals surface area (Å²) < 4.78 is 27.1. The second kappa shape index (κ2) is 6.03. The molecule has 0 amide bonds. The molecule has 0 unspecified atom stereocenters. The predicted octanol–water partition coefficient (Wildman–Crippen LogP) is 3.57. The van der Waals surface area contributed by atoms with Gasteiger partial charge in [-0.05, 0) is 0 Å². The van der Waals surface area contributed by atoms with E-state index in [-0.39, 0.29) is 11.6 Å². The van der Waals surface area contributed by atoms with E-state index in [1.54, 1.807) is 24.3 Å². The SMILES string of the molecule is Cc1nc(-c2ccc(F)cc2)c(-c2ccc(F)cc2)n[c]1[Ir]. The van der Waals surface area contributed by atoms with Crippen molar-refractivity contribution in [2.45, 2.75) is 6.92 Å². The summed E-state index contributed by atoms with van der Waals surface area (Å²) in [6, 6.07) is 12.2. The summed E-state index contributed by atoms with van der Waals surface area (Å²) in [7, 11) is 0. The Morgan fingerprint density at radius 2 is 1.14 bits per heavy atom. The summed E-state index contributed by atoms with van der Waals surface area (Å²) in [5.74, 6) is -0.604. The van der Waals surface area contributed by atoms with Crippen LogP contribution in [-0.2, 0) is 18.9 Å². The maximum atomic E-state index is 13.1. The van der Waals surface area contributed by atoms with E-state index in [9.17, 15) is 8.78 Å². The molecule has 5 heteroatoms. The van der Waals surface area contributed by atoms with Gasteiger partial charge in [0.05, 0.1) is 0 Å². The average molecular weight is 474 g/mol. The molecule has 0 atom stereocenters. The number of hydrogen-bond donors (Lipinski definition) is 0. The van der Waals surface area contributed by atoms with Crippen molar-refractivity contribution in [3.05, 3.63) is 65.9 Å². The predicted molar refractivity (Wildman–Crippen MR) is 77.2 cm³/mol. The van der Waals surface area contributed by atoms with Crippen LogP contribution in [0.3, 0.4) is 0 Å². The van der Waals surface area contributed by atoms with Crippen LogP contribution in [0.15, 0.2) is 48.5 Å². The van der Waals surface area contributed by atoms with Crippen LogP contribution in [0.2, 0.25) is 0 Å². The Morgan fingerprint density at radius 3 is 1.59 bits per heavy atom. The molecule has 0 aliphatic rings. The van der Waals surface area contributed by atoms with E-state index in [1.807, 2.05) is 25.8 Å². The van der Waals surface area contributed by atoms with Gasteiger partial charge in [0.25, 0.3) is 0 Å². The van der Waals surface area contributed by atoms with E-state index in [2.05, 4.69) is 9.97 Å². The summed E-state index contributed by atoms with van der Waals surface area (Å²) in [5, 5.41) is 0. The Morgan fingerprint density at radius 1 is 0.727 bits per heavy atom. The first-order chi connectivity index (χ1) is 10.5. The average Bonchev–Trinajstić information content (AvgIpc) is 2.51. The molecule has 0 spiro atoms. The number of halogens is 2. The fourth-order valence-electron chi connectivity index (χ4n) is 2.11. The molecule has 0 N–H and O–H groups in total. The molecule has 0 aliphatic heterocycles. The molecule has 1 aromatic heterocycles. The quantitative estimate of drug-likeness (QED) is 0.569. The molecule has 0 radical (unpaired) electrons. The van der Waals surface area contributed by atoms with Crippen LogP contribution in [0.4, 0.5) is 8.78 Å². The van der Waals surface area contributed by atoms with Crippen LogP contribution in [0.1, 0.15) is 5.69 Å². The molecule has 2 nitrogen and oxygen atoms in total. The van der Waals surface area contributed by atoms with Crippen molar-refractivity contribution in [2.75, 3.05) is 0 Å². The molecule has 0 aliphatic carbocycles. The summed E-state index contributed by atoms with van der Waals surface area (Å²) >= 11 is 1.88. The fourth-order valence-corrected chi connectivity index (χ4v) is 2.51. The van der Waals surface area contributed by atoms with Crippen molar-refractivity contribution >= 4 is 4.21 Å². The van der Waals surface area contributed by atoms with Crippen LogP contribution >= 0.6 is 0 Å². The first kappa shape index (κ1) is 14.9. The van der Waals surface area contributed by atoms with Gasteiger partial charge < -0.3 is 0 Å². The summed E-state index contributed by atoms with van der Waals surface area (Å²) in [6.07, 6.45) is 0. The maximum absolute atomic E-state index is 13.1. The Labute approximate surface area is 137 Å². The number of aromatic nitrogens is 2. The first-order valence-corrected chi connectivity index (χ1v) is 7.78. The number of benzene rings is 2. The molecule has 0 saturated heterocycles. The molecule has 0 saturated carbocycles. The van der Waals surface area contributed by atoms with Gasteiger partial charge in [0, 0.05) is 0 Å². The van der Waals surface area contributed by atoms with E-state index >= 15 is 0 Å². The molecular weight excluding hydrogens is 462 g/mol. The second-order valence-corrected chi connectivity index (χ2v) is 5.92. The van der Waals surface area contributed by atoms with Crippen LogP contribution in [0.25, 0.3) is 22.5 Å². The Hall–Kier alpha value is -1.97. The third-order valence-electron chi connectivity index (χ3n) is 3.23. The summed E-state index contributed by atoms with van der Waals surface area (Å²) in [4.78, 5) is 9.19. The fraction of sp³-hybridized carbons (Fsp3) is 0.0588. The van der Waals surface area contributed by atoms with Gasteiger partial charge in [-0.25, -0.2) is 0 Å². The second-order valence-electron chi connectivity index (χ2n) is 4.79. The minimum atomic E-state index is -0.302. The molecule has 0 fully saturated rings. The molecule has 0 bridgehead atoms. The van der Waals surface area contributed by atoms with Crippen molar-refractivity contribution in [2.24, 2.45) is 0 Å². The van der Waals surface area contributed by atoms with Crippen molar-refractivity contribution < 1.29 is 27.7 Å². The van der Waals surface area contributed by atoms with Gasteiger partial charge in [-0.2, -0.15) is 0 Å². The monoisotopic (exact) mass is 474 g/mol. The van der Waals surface area contributed by atoms with Crippen molar-refractivity contribution in [3.8, 4) is 22.5 Å². The van der Waals surface area contributed by atoms with Gasteiger partial charge >= 0.3 is 137 Å². The van der Waals surface area contributed by atoms with Gasteiger partial charge in [0.1, 0.15) is 0 Å². The van der Waals surface area contributed by atoms with E-state index < -0.39 is 0 Å². The van der Waals surface area contributed by atoms with Gasteiger partial charge in [-0.15, -0.1) is 0 Å². The Bertz CT molecular complexity index is 745.